The summed E-state index contributed by atoms with van der Waals surface area (Å²) in [6.07, 6.45) is 6.46. The first-order valence-electron chi connectivity index (χ1n) is 8.22. The van der Waals surface area contributed by atoms with Crippen molar-refractivity contribution < 1.29 is 9.18 Å². The Morgan fingerprint density at radius 2 is 2.04 bits per heavy atom. The van der Waals surface area contributed by atoms with E-state index in [-0.39, 0.29) is 11.7 Å². The minimum Gasteiger partial charge on any atom is -0.307 e. The minimum absolute atomic E-state index is 0.194. The fourth-order valence-corrected chi connectivity index (χ4v) is 3.27. The van der Waals surface area contributed by atoms with Crippen molar-refractivity contribution in [2.24, 2.45) is 0 Å². The molecule has 1 amide bonds. The molecule has 25 heavy (non-hydrogen) atoms. The molecule has 1 aromatic carbocycles. The number of amides is 1. The van der Waals surface area contributed by atoms with Crippen molar-refractivity contribution in [3.63, 3.8) is 0 Å². The molecule has 4 rings (SSSR count). The average molecular weight is 405 g/mol. The second-order valence-corrected chi connectivity index (χ2v) is 6.23. The summed E-state index contributed by atoms with van der Waals surface area (Å²) >= 11 is 3.39. The van der Waals surface area contributed by atoms with Gasteiger partial charge in [-0.15, -0.1) is 0 Å². The number of hydrogen-bond acceptors (Lipinski definition) is 3. The quantitative estimate of drug-likeness (QED) is 0.608. The third-order valence-corrected chi connectivity index (χ3v) is 4.56. The molecule has 2 aromatic heterocycles. The lowest BCUT2D eigenvalue weighted by molar-refractivity contribution is 0.0980. The summed E-state index contributed by atoms with van der Waals surface area (Å²) in [7, 11) is 0. The van der Waals surface area contributed by atoms with E-state index in [2.05, 4.69) is 25.9 Å². The molecule has 0 aliphatic carbocycles. The van der Waals surface area contributed by atoms with Crippen LogP contribution in [0.25, 0.3) is 5.65 Å². The maximum atomic E-state index is 13.4. The van der Waals surface area contributed by atoms with Gasteiger partial charge in [-0.25, -0.2) is 14.4 Å². The second-order valence-electron chi connectivity index (χ2n) is 5.42. The Balaban J connectivity index is 0.000000880. The number of carbonyl (C=O) groups excluding carboxylic acids is 1. The molecule has 3 aromatic rings. The average Bonchev–Trinajstić information content (AvgIpc) is 3.02. The lowest BCUT2D eigenvalue weighted by Gasteiger charge is -2.29. The highest BCUT2D eigenvalue weighted by Gasteiger charge is 2.25. The van der Waals surface area contributed by atoms with Gasteiger partial charge in [0, 0.05) is 18.4 Å². The smallest absolute Gasteiger partial charge is 0.278 e. The Bertz CT molecular complexity index is 925. The molecular formula is C18H18BrFN4O. The predicted molar refractivity (Wildman–Crippen MR) is 98.4 cm³/mol. The third-order valence-electron chi connectivity index (χ3n) is 3.98. The first-order valence-corrected chi connectivity index (χ1v) is 9.02. The second kappa shape index (κ2) is 7.31. The van der Waals surface area contributed by atoms with E-state index < -0.39 is 0 Å². The van der Waals surface area contributed by atoms with Crippen molar-refractivity contribution in [1.82, 2.24) is 14.4 Å². The van der Waals surface area contributed by atoms with E-state index in [1.165, 1.54) is 12.1 Å². The van der Waals surface area contributed by atoms with E-state index in [0.717, 1.165) is 28.7 Å². The molecule has 0 unspecified atom stereocenters. The summed E-state index contributed by atoms with van der Waals surface area (Å²) in [6, 6.07) is 4.54. The van der Waals surface area contributed by atoms with Gasteiger partial charge in [-0.2, -0.15) is 0 Å². The van der Waals surface area contributed by atoms with Crippen LogP contribution in [0.3, 0.4) is 0 Å². The van der Waals surface area contributed by atoms with Crippen molar-refractivity contribution in [2.45, 2.75) is 26.7 Å². The van der Waals surface area contributed by atoms with Gasteiger partial charge < -0.3 is 4.90 Å². The molecule has 0 N–H and O–H groups in total. The van der Waals surface area contributed by atoms with E-state index in [1.807, 2.05) is 13.8 Å². The van der Waals surface area contributed by atoms with Crippen LogP contribution in [-0.4, -0.2) is 26.8 Å². The Morgan fingerprint density at radius 3 is 2.84 bits per heavy atom. The van der Waals surface area contributed by atoms with Gasteiger partial charge in [0.05, 0.1) is 12.4 Å². The standard InChI is InChI=1S/C16H12BrFN4O.C2H6/c17-14-7-20-15-8-19-12(9-22(14)15)16(23)21-5-1-2-10-6-11(18)3-4-13(10)21;1-2/h3-4,6-9H,1-2,5H2;1-2H3. The number of fused-ring (bicyclic) bond motifs is 2. The van der Waals surface area contributed by atoms with Crippen LogP contribution in [-0.2, 0) is 6.42 Å². The molecule has 130 valence electrons. The summed E-state index contributed by atoms with van der Waals surface area (Å²) in [5.41, 5.74) is 2.60. The summed E-state index contributed by atoms with van der Waals surface area (Å²) in [5, 5.41) is 0. The van der Waals surface area contributed by atoms with Gasteiger partial charge in [0.15, 0.2) is 5.65 Å². The lowest BCUT2D eigenvalue weighted by atomic mass is 10.0. The maximum Gasteiger partial charge on any atom is 0.278 e. The van der Waals surface area contributed by atoms with E-state index in [0.29, 0.717) is 17.9 Å². The Morgan fingerprint density at radius 1 is 1.24 bits per heavy atom. The van der Waals surface area contributed by atoms with E-state index in [4.69, 9.17) is 0 Å². The molecule has 1 aliphatic rings. The fraction of sp³-hybridized carbons (Fsp3) is 0.278. The normalized spacial score (nSPS) is 13.2. The molecule has 0 fully saturated rings. The summed E-state index contributed by atoms with van der Waals surface area (Å²) in [5.74, 6) is -0.472. The Hall–Kier alpha value is -2.28. The molecule has 7 heteroatoms. The Labute approximate surface area is 153 Å². The van der Waals surface area contributed by atoms with Crippen LogP contribution in [0.4, 0.5) is 10.1 Å². The van der Waals surface area contributed by atoms with Crippen molar-refractivity contribution in [1.29, 1.82) is 0 Å². The van der Waals surface area contributed by atoms with E-state index in [1.54, 1.807) is 34.0 Å². The van der Waals surface area contributed by atoms with Gasteiger partial charge in [0.2, 0.25) is 0 Å². The van der Waals surface area contributed by atoms with Crippen molar-refractivity contribution in [3.05, 3.63) is 58.5 Å². The monoisotopic (exact) mass is 404 g/mol. The topological polar surface area (TPSA) is 50.5 Å². The van der Waals surface area contributed by atoms with Crippen molar-refractivity contribution in [2.75, 3.05) is 11.4 Å². The SMILES string of the molecule is CC.O=C(c1cn2c(Br)cnc2cn1)N1CCCc2cc(F)ccc21. The molecule has 0 spiro atoms. The zero-order chi connectivity index (χ0) is 18.0. The number of carbonyl (C=O) groups is 1. The Kier molecular flexibility index (Phi) is 5.13. The largest absolute Gasteiger partial charge is 0.307 e. The van der Waals surface area contributed by atoms with Crippen LogP contribution < -0.4 is 4.90 Å². The fourth-order valence-electron chi connectivity index (χ4n) is 2.88. The molecule has 0 saturated carbocycles. The van der Waals surface area contributed by atoms with E-state index >= 15 is 0 Å². The molecule has 0 saturated heterocycles. The third kappa shape index (κ3) is 3.28. The van der Waals surface area contributed by atoms with Crippen LogP contribution >= 0.6 is 15.9 Å². The van der Waals surface area contributed by atoms with Gasteiger partial charge in [-0.3, -0.25) is 9.20 Å². The first-order chi connectivity index (χ1) is 12.1. The zero-order valence-electron chi connectivity index (χ0n) is 14.0. The maximum absolute atomic E-state index is 13.4. The van der Waals surface area contributed by atoms with Gasteiger partial charge in [0.25, 0.3) is 5.91 Å². The van der Waals surface area contributed by atoms with Crippen molar-refractivity contribution >= 4 is 33.2 Å². The van der Waals surface area contributed by atoms with Crippen LogP contribution in [0.1, 0.15) is 36.3 Å². The molecule has 3 heterocycles. The summed E-state index contributed by atoms with van der Waals surface area (Å²) in [4.78, 5) is 22.9. The van der Waals surface area contributed by atoms with E-state index in [9.17, 15) is 9.18 Å². The molecule has 5 nitrogen and oxygen atoms in total. The van der Waals surface area contributed by atoms with Gasteiger partial charge >= 0.3 is 0 Å². The number of rotatable bonds is 1. The molecule has 0 atom stereocenters. The summed E-state index contributed by atoms with van der Waals surface area (Å²) in [6.45, 7) is 4.60. The van der Waals surface area contributed by atoms with Gasteiger partial charge in [0.1, 0.15) is 16.1 Å². The molecule has 1 aliphatic heterocycles. The van der Waals surface area contributed by atoms with Crippen LogP contribution in [0.5, 0.6) is 0 Å². The number of aryl methyl sites for hydroxylation is 1. The highest BCUT2D eigenvalue weighted by molar-refractivity contribution is 9.10. The van der Waals surface area contributed by atoms with Crippen molar-refractivity contribution in [3.8, 4) is 0 Å². The summed E-state index contributed by atoms with van der Waals surface area (Å²) < 4.78 is 15.9. The number of aromatic nitrogens is 3. The highest BCUT2D eigenvalue weighted by Crippen LogP contribution is 2.29. The number of benzene rings is 1. The molecular weight excluding hydrogens is 387 g/mol. The number of anilines is 1. The number of hydrogen-bond donors (Lipinski definition) is 0. The van der Waals surface area contributed by atoms with Crippen LogP contribution in [0.2, 0.25) is 0 Å². The number of halogens is 2. The number of nitrogens with zero attached hydrogens (tertiary/aromatic N) is 4. The minimum atomic E-state index is -0.278. The number of imidazole rings is 1. The van der Waals surface area contributed by atoms with Gasteiger partial charge in [-0.1, -0.05) is 13.8 Å². The molecule has 0 radical (unpaired) electrons. The van der Waals surface area contributed by atoms with Gasteiger partial charge in [-0.05, 0) is 52.5 Å². The van der Waals surface area contributed by atoms with Crippen LogP contribution in [0.15, 0.2) is 41.4 Å². The highest BCUT2D eigenvalue weighted by atomic mass is 79.9. The van der Waals surface area contributed by atoms with Crippen LogP contribution in [0, 0.1) is 5.82 Å². The lowest BCUT2D eigenvalue weighted by Crippen LogP contribution is -2.36. The molecule has 0 bridgehead atoms. The first kappa shape index (κ1) is 17.5. The predicted octanol–water partition coefficient (Wildman–Crippen LogP) is 4.25. The zero-order valence-corrected chi connectivity index (χ0v) is 15.6.